The molecule has 1 heterocycles. The molecule has 2 rings (SSSR count). The first-order valence-electron chi connectivity index (χ1n) is 5.94. The number of carbonyl (C=O) groups excluding carboxylic acids is 1. The Hall–Kier alpha value is -1.99. The predicted octanol–water partition coefficient (Wildman–Crippen LogP) is 1.75. The Morgan fingerprint density at radius 3 is 2.95 bits per heavy atom. The Bertz CT molecular complexity index is 615. The number of benzene rings is 1. The van der Waals surface area contributed by atoms with Crippen LogP contribution in [-0.2, 0) is 13.2 Å². The quantitative estimate of drug-likeness (QED) is 0.785. The molecule has 0 spiro atoms. The lowest BCUT2D eigenvalue weighted by molar-refractivity contribution is 0.0955. The summed E-state index contributed by atoms with van der Waals surface area (Å²) in [7, 11) is 1.73. The van der Waals surface area contributed by atoms with Crippen LogP contribution < -0.4 is 10.6 Å². The lowest BCUT2D eigenvalue weighted by Gasteiger charge is -2.06. The number of halogens is 1. The van der Waals surface area contributed by atoms with Gasteiger partial charge in [-0.1, -0.05) is 17.4 Å². The number of amides is 1. The smallest absolute Gasteiger partial charge is 0.263 e. The van der Waals surface area contributed by atoms with E-state index in [9.17, 15) is 9.18 Å². The van der Waals surface area contributed by atoms with Gasteiger partial charge in [-0.15, -0.1) is 0 Å². The van der Waals surface area contributed by atoms with Gasteiger partial charge in [-0.3, -0.25) is 4.79 Å². The molecule has 5 nitrogen and oxygen atoms in total. The molecule has 0 fully saturated rings. The molecule has 1 amide bonds. The fraction of sp³-hybridized carbons (Fsp3) is 0.231. The van der Waals surface area contributed by atoms with Crippen LogP contribution in [0.3, 0.4) is 0 Å². The molecule has 1 aromatic carbocycles. The second-order valence-corrected chi connectivity index (χ2v) is 5.08. The Balaban J connectivity index is 1.99. The summed E-state index contributed by atoms with van der Waals surface area (Å²) in [6.45, 7) is -0.104. The topological polar surface area (TPSA) is 74.2 Å². The number of thiazole rings is 1. The van der Waals surface area contributed by atoms with Gasteiger partial charge in [-0.25, -0.2) is 9.37 Å². The summed E-state index contributed by atoms with van der Waals surface area (Å²) in [6, 6.07) is 4.38. The average Bonchev–Trinajstić information content (AvgIpc) is 2.95. The Kier molecular flexibility index (Phi) is 4.65. The van der Waals surface area contributed by atoms with E-state index < -0.39 is 5.82 Å². The van der Waals surface area contributed by atoms with Gasteiger partial charge >= 0.3 is 0 Å². The van der Waals surface area contributed by atoms with Gasteiger partial charge in [-0.05, 0) is 17.7 Å². The highest BCUT2D eigenvalue weighted by atomic mass is 32.1. The van der Waals surface area contributed by atoms with E-state index in [2.05, 4.69) is 15.6 Å². The third-order valence-corrected chi connectivity index (χ3v) is 3.69. The second kappa shape index (κ2) is 6.44. The fourth-order valence-corrected chi connectivity index (χ4v) is 2.31. The first kappa shape index (κ1) is 14.4. The maximum Gasteiger partial charge on any atom is 0.263 e. The standard InChI is InChI=1S/C13H14FN3O2S/c1-15-13-17-6-11(20-13)12(19)16-5-8-2-3-10(14)9(4-8)7-18/h2-4,6,18H,5,7H2,1H3,(H,15,17)(H,16,19). The molecule has 0 bridgehead atoms. The Labute approximate surface area is 119 Å². The maximum atomic E-state index is 13.2. The normalized spacial score (nSPS) is 10.3. The molecule has 0 saturated heterocycles. The van der Waals surface area contributed by atoms with Crippen molar-refractivity contribution in [2.45, 2.75) is 13.2 Å². The lowest BCUT2D eigenvalue weighted by atomic mass is 10.1. The summed E-state index contributed by atoms with van der Waals surface area (Å²) >= 11 is 1.25. The summed E-state index contributed by atoms with van der Waals surface area (Å²) in [6.07, 6.45) is 1.50. The van der Waals surface area contributed by atoms with Gasteiger partial charge in [0, 0.05) is 19.2 Å². The van der Waals surface area contributed by atoms with Gasteiger partial charge < -0.3 is 15.7 Å². The van der Waals surface area contributed by atoms with Crippen molar-refractivity contribution in [2.75, 3.05) is 12.4 Å². The van der Waals surface area contributed by atoms with Gasteiger partial charge in [0.15, 0.2) is 5.13 Å². The number of nitrogens with zero attached hydrogens (tertiary/aromatic N) is 1. The molecule has 0 unspecified atom stereocenters. The molecule has 0 atom stereocenters. The molecule has 3 N–H and O–H groups in total. The van der Waals surface area contributed by atoms with Crippen molar-refractivity contribution < 1.29 is 14.3 Å². The summed E-state index contributed by atoms with van der Waals surface area (Å²) < 4.78 is 13.2. The predicted molar refractivity (Wildman–Crippen MR) is 75.2 cm³/mol. The van der Waals surface area contributed by atoms with Crippen molar-refractivity contribution in [3.05, 3.63) is 46.2 Å². The van der Waals surface area contributed by atoms with Crippen LogP contribution in [0.5, 0.6) is 0 Å². The van der Waals surface area contributed by atoms with E-state index in [0.29, 0.717) is 10.0 Å². The highest BCUT2D eigenvalue weighted by Crippen LogP contribution is 2.17. The van der Waals surface area contributed by atoms with E-state index in [1.807, 2.05) is 0 Å². The zero-order chi connectivity index (χ0) is 14.5. The largest absolute Gasteiger partial charge is 0.392 e. The summed E-state index contributed by atoms with van der Waals surface area (Å²) in [5, 5.41) is 15.2. The van der Waals surface area contributed by atoms with Crippen LogP contribution in [-0.4, -0.2) is 23.0 Å². The van der Waals surface area contributed by atoms with Crippen molar-refractivity contribution in [3.8, 4) is 0 Å². The number of anilines is 1. The SMILES string of the molecule is CNc1ncc(C(=O)NCc2ccc(F)c(CO)c2)s1. The minimum Gasteiger partial charge on any atom is -0.392 e. The van der Waals surface area contributed by atoms with Gasteiger partial charge in [0.1, 0.15) is 10.7 Å². The molecule has 0 aliphatic heterocycles. The first-order valence-corrected chi connectivity index (χ1v) is 6.75. The van der Waals surface area contributed by atoms with E-state index in [0.717, 1.165) is 5.56 Å². The van der Waals surface area contributed by atoms with Gasteiger partial charge in [0.2, 0.25) is 0 Å². The molecule has 0 radical (unpaired) electrons. The third-order valence-electron chi connectivity index (χ3n) is 2.68. The van der Waals surface area contributed by atoms with E-state index in [4.69, 9.17) is 5.11 Å². The van der Waals surface area contributed by atoms with Crippen LogP contribution in [0.25, 0.3) is 0 Å². The minimum atomic E-state index is -0.455. The zero-order valence-corrected chi connectivity index (χ0v) is 11.6. The Morgan fingerprint density at radius 2 is 2.30 bits per heavy atom. The maximum absolute atomic E-state index is 13.2. The molecule has 0 aliphatic carbocycles. The van der Waals surface area contributed by atoms with Crippen LogP contribution in [0.4, 0.5) is 9.52 Å². The zero-order valence-electron chi connectivity index (χ0n) is 10.8. The van der Waals surface area contributed by atoms with E-state index in [1.54, 1.807) is 13.1 Å². The number of aromatic nitrogens is 1. The number of aliphatic hydroxyl groups excluding tert-OH is 1. The molecule has 0 aliphatic rings. The highest BCUT2D eigenvalue weighted by molar-refractivity contribution is 7.17. The van der Waals surface area contributed by atoms with Crippen LogP contribution in [0.2, 0.25) is 0 Å². The summed E-state index contributed by atoms with van der Waals surface area (Å²) in [5.41, 5.74) is 0.939. The fourth-order valence-electron chi connectivity index (χ4n) is 1.62. The molecule has 20 heavy (non-hydrogen) atoms. The van der Waals surface area contributed by atoms with Crippen molar-refractivity contribution in [2.24, 2.45) is 0 Å². The molecule has 106 valence electrons. The van der Waals surface area contributed by atoms with Crippen molar-refractivity contribution in [1.82, 2.24) is 10.3 Å². The van der Waals surface area contributed by atoms with Gasteiger partial charge in [-0.2, -0.15) is 0 Å². The van der Waals surface area contributed by atoms with Crippen LogP contribution in [0, 0.1) is 5.82 Å². The minimum absolute atomic E-state index is 0.215. The molecule has 2 aromatic rings. The van der Waals surface area contributed by atoms with Crippen molar-refractivity contribution >= 4 is 22.4 Å². The summed E-state index contributed by atoms with van der Waals surface area (Å²) in [5.74, 6) is -0.692. The molecule has 7 heteroatoms. The number of rotatable bonds is 5. The number of hydrogen-bond acceptors (Lipinski definition) is 5. The van der Waals surface area contributed by atoms with Crippen LogP contribution >= 0.6 is 11.3 Å². The molecule has 1 aromatic heterocycles. The van der Waals surface area contributed by atoms with Crippen LogP contribution in [0.15, 0.2) is 24.4 Å². The van der Waals surface area contributed by atoms with Crippen molar-refractivity contribution in [3.63, 3.8) is 0 Å². The molecule has 0 saturated carbocycles. The third kappa shape index (κ3) is 3.31. The van der Waals surface area contributed by atoms with Gasteiger partial charge in [0.25, 0.3) is 5.91 Å². The monoisotopic (exact) mass is 295 g/mol. The average molecular weight is 295 g/mol. The Morgan fingerprint density at radius 1 is 1.50 bits per heavy atom. The van der Waals surface area contributed by atoms with E-state index >= 15 is 0 Å². The molecular formula is C13H14FN3O2S. The molecular weight excluding hydrogens is 281 g/mol. The van der Waals surface area contributed by atoms with E-state index in [-0.39, 0.29) is 24.6 Å². The number of hydrogen-bond donors (Lipinski definition) is 3. The number of aliphatic hydroxyl groups is 1. The second-order valence-electron chi connectivity index (χ2n) is 4.05. The van der Waals surface area contributed by atoms with Gasteiger partial charge in [0.05, 0.1) is 12.8 Å². The van der Waals surface area contributed by atoms with E-state index in [1.165, 1.54) is 29.7 Å². The summed E-state index contributed by atoms with van der Waals surface area (Å²) in [4.78, 5) is 16.4. The lowest BCUT2D eigenvalue weighted by Crippen LogP contribution is -2.21. The first-order chi connectivity index (χ1) is 9.63. The highest BCUT2D eigenvalue weighted by Gasteiger charge is 2.10. The number of carbonyl (C=O) groups is 1. The van der Waals surface area contributed by atoms with Crippen LogP contribution in [0.1, 0.15) is 20.8 Å². The van der Waals surface area contributed by atoms with Crippen molar-refractivity contribution in [1.29, 1.82) is 0 Å². The number of nitrogens with one attached hydrogen (secondary N) is 2.